The third-order valence-electron chi connectivity index (χ3n) is 3.43. The minimum absolute atomic E-state index is 0.0132. The van der Waals surface area contributed by atoms with E-state index in [9.17, 15) is 14.9 Å². The Morgan fingerprint density at radius 2 is 2.32 bits per heavy atom. The number of hydrogen-bond acceptors (Lipinski definition) is 5. The van der Waals surface area contributed by atoms with Crippen LogP contribution in [0.15, 0.2) is 11.4 Å². The Hall–Kier alpha value is -1.47. The lowest BCUT2D eigenvalue weighted by molar-refractivity contribution is -0.380. The highest BCUT2D eigenvalue weighted by Gasteiger charge is 2.24. The predicted octanol–water partition coefficient (Wildman–Crippen LogP) is 1.87. The van der Waals surface area contributed by atoms with Gasteiger partial charge in [0, 0.05) is 24.5 Å². The van der Waals surface area contributed by atoms with Gasteiger partial charge in [0.15, 0.2) is 0 Å². The average Bonchev–Trinajstić information content (AvgIpc) is 2.73. The first-order valence-electron chi connectivity index (χ1n) is 6.30. The van der Waals surface area contributed by atoms with Gasteiger partial charge in [-0.3, -0.25) is 14.9 Å². The molecule has 0 aliphatic carbocycles. The standard InChI is InChI=1S/C12H17N3O3S/c1-14(10-3-2-5-13-6-4-10)12(16)9-7-11(15(17)18)19-8-9/h7-8,10,13H,2-6H2,1H3. The summed E-state index contributed by atoms with van der Waals surface area (Å²) in [7, 11) is 1.78. The topological polar surface area (TPSA) is 75.5 Å². The first-order valence-corrected chi connectivity index (χ1v) is 7.18. The molecule has 0 bridgehead atoms. The van der Waals surface area contributed by atoms with Gasteiger partial charge in [-0.2, -0.15) is 0 Å². The monoisotopic (exact) mass is 283 g/mol. The molecule has 19 heavy (non-hydrogen) atoms. The molecule has 2 heterocycles. The number of rotatable bonds is 3. The zero-order chi connectivity index (χ0) is 13.8. The van der Waals surface area contributed by atoms with Crippen LogP contribution in [-0.2, 0) is 0 Å². The molecule has 0 spiro atoms. The molecule has 1 fully saturated rings. The van der Waals surface area contributed by atoms with Gasteiger partial charge in [0.25, 0.3) is 5.91 Å². The molecule has 1 atom stereocenters. The van der Waals surface area contributed by atoms with Crippen LogP contribution >= 0.6 is 11.3 Å². The molecule has 6 nitrogen and oxygen atoms in total. The first-order chi connectivity index (χ1) is 9.09. The summed E-state index contributed by atoms with van der Waals surface area (Å²) >= 11 is 0.995. The van der Waals surface area contributed by atoms with E-state index in [1.54, 1.807) is 17.3 Å². The summed E-state index contributed by atoms with van der Waals surface area (Å²) in [5.74, 6) is -0.128. The average molecular weight is 283 g/mol. The van der Waals surface area contributed by atoms with Gasteiger partial charge in [-0.1, -0.05) is 11.3 Å². The van der Waals surface area contributed by atoms with Crippen LogP contribution in [0.2, 0.25) is 0 Å². The number of nitrogens with zero attached hydrogens (tertiary/aromatic N) is 2. The molecule has 1 saturated heterocycles. The molecule has 1 aromatic heterocycles. The van der Waals surface area contributed by atoms with Crippen molar-refractivity contribution in [2.75, 3.05) is 20.1 Å². The van der Waals surface area contributed by atoms with Crippen molar-refractivity contribution in [1.82, 2.24) is 10.2 Å². The van der Waals surface area contributed by atoms with Gasteiger partial charge in [-0.25, -0.2) is 0 Å². The number of amides is 1. The van der Waals surface area contributed by atoms with E-state index in [1.165, 1.54) is 6.07 Å². The number of thiophene rings is 1. The van der Waals surface area contributed by atoms with Crippen molar-refractivity contribution in [2.45, 2.75) is 25.3 Å². The quantitative estimate of drug-likeness (QED) is 0.678. The van der Waals surface area contributed by atoms with E-state index in [0.717, 1.165) is 43.7 Å². The fraction of sp³-hybridized carbons (Fsp3) is 0.583. The lowest BCUT2D eigenvalue weighted by Gasteiger charge is -2.26. The van der Waals surface area contributed by atoms with Crippen LogP contribution < -0.4 is 5.32 Å². The van der Waals surface area contributed by atoms with Gasteiger partial charge < -0.3 is 10.2 Å². The van der Waals surface area contributed by atoms with E-state index in [2.05, 4.69) is 5.32 Å². The second-order valence-corrected chi connectivity index (χ2v) is 5.57. The molecule has 7 heteroatoms. The highest BCUT2D eigenvalue weighted by atomic mass is 32.1. The summed E-state index contributed by atoms with van der Waals surface area (Å²) in [6.45, 7) is 1.90. The smallest absolute Gasteiger partial charge is 0.324 e. The molecule has 104 valence electrons. The minimum atomic E-state index is -0.461. The van der Waals surface area contributed by atoms with Gasteiger partial charge in [0.2, 0.25) is 0 Å². The van der Waals surface area contributed by atoms with E-state index < -0.39 is 4.92 Å². The summed E-state index contributed by atoms with van der Waals surface area (Å²) in [6.07, 6.45) is 2.95. The molecule has 1 aliphatic rings. The third-order valence-corrected chi connectivity index (χ3v) is 4.31. The van der Waals surface area contributed by atoms with Crippen LogP contribution in [0.4, 0.5) is 5.00 Å². The Balaban J connectivity index is 2.06. The number of carbonyl (C=O) groups is 1. The number of nitrogens with one attached hydrogen (secondary N) is 1. The zero-order valence-electron chi connectivity index (χ0n) is 10.8. The largest absolute Gasteiger partial charge is 0.339 e. The molecule has 1 aromatic rings. The fourth-order valence-corrected chi connectivity index (χ4v) is 2.99. The maximum absolute atomic E-state index is 12.3. The van der Waals surface area contributed by atoms with Crippen LogP contribution in [0.5, 0.6) is 0 Å². The predicted molar refractivity (Wildman–Crippen MR) is 73.6 cm³/mol. The van der Waals surface area contributed by atoms with E-state index in [1.807, 2.05) is 0 Å². The van der Waals surface area contributed by atoms with Gasteiger partial charge in [-0.05, 0) is 32.4 Å². The van der Waals surface area contributed by atoms with Crippen molar-refractivity contribution in [3.63, 3.8) is 0 Å². The number of hydrogen-bond donors (Lipinski definition) is 1. The molecule has 0 aromatic carbocycles. The van der Waals surface area contributed by atoms with E-state index in [0.29, 0.717) is 5.56 Å². The minimum Gasteiger partial charge on any atom is -0.339 e. The van der Waals surface area contributed by atoms with Gasteiger partial charge in [-0.15, -0.1) is 0 Å². The molecule has 0 radical (unpaired) electrons. The van der Waals surface area contributed by atoms with Crippen LogP contribution in [0.1, 0.15) is 29.6 Å². The molecular formula is C12H17N3O3S. The second-order valence-electron chi connectivity index (χ2n) is 4.68. The Morgan fingerprint density at radius 1 is 1.53 bits per heavy atom. The van der Waals surface area contributed by atoms with Crippen molar-refractivity contribution < 1.29 is 9.72 Å². The number of nitro groups is 1. The molecule has 1 unspecified atom stereocenters. The Kier molecular flexibility index (Phi) is 4.49. The van der Waals surface area contributed by atoms with Crippen LogP contribution in [0.25, 0.3) is 0 Å². The zero-order valence-corrected chi connectivity index (χ0v) is 11.6. The highest BCUT2D eigenvalue weighted by Crippen LogP contribution is 2.24. The van der Waals surface area contributed by atoms with E-state index in [-0.39, 0.29) is 17.0 Å². The van der Waals surface area contributed by atoms with Gasteiger partial charge >= 0.3 is 5.00 Å². The Bertz CT molecular complexity index is 467. The lowest BCUT2D eigenvalue weighted by Crippen LogP contribution is -2.37. The van der Waals surface area contributed by atoms with Crippen LogP contribution in [0.3, 0.4) is 0 Å². The molecular weight excluding hydrogens is 266 g/mol. The van der Waals surface area contributed by atoms with Crippen molar-refractivity contribution >= 4 is 22.2 Å². The van der Waals surface area contributed by atoms with Crippen LogP contribution in [0, 0.1) is 10.1 Å². The van der Waals surface area contributed by atoms with E-state index in [4.69, 9.17) is 0 Å². The lowest BCUT2D eigenvalue weighted by atomic mass is 10.1. The van der Waals surface area contributed by atoms with Crippen molar-refractivity contribution in [3.8, 4) is 0 Å². The first kappa shape index (κ1) is 14.0. The van der Waals surface area contributed by atoms with Crippen molar-refractivity contribution in [3.05, 3.63) is 27.1 Å². The summed E-state index contributed by atoms with van der Waals surface area (Å²) in [5, 5.41) is 15.5. The Morgan fingerprint density at radius 3 is 3.00 bits per heavy atom. The molecule has 1 amide bonds. The molecule has 1 N–H and O–H groups in total. The SMILES string of the molecule is CN(C(=O)c1csc([N+](=O)[O-])c1)C1CCCNCC1. The normalized spacial score (nSPS) is 19.7. The second kappa shape index (κ2) is 6.12. The summed E-state index contributed by atoms with van der Waals surface area (Å²) in [6, 6.07) is 1.57. The van der Waals surface area contributed by atoms with Crippen molar-refractivity contribution in [1.29, 1.82) is 0 Å². The third kappa shape index (κ3) is 3.30. The summed E-state index contributed by atoms with van der Waals surface area (Å²) < 4.78 is 0. The molecule has 2 rings (SSSR count). The summed E-state index contributed by atoms with van der Waals surface area (Å²) in [4.78, 5) is 24.2. The Labute approximate surface area is 115 Å². The molecule has 1 aliphatic heterocycles. The van der Waals surface area contributed by atoms with Crippen LogP contribution in [-0.4, -0.2) is 41.9 Å². The maximum atomic E-state index is 12.3. The number of carbonyl (C=O) groups excluding carboxylic acids is 1. The summed E-state index contributed by atoms with van der Waals surface area (Å²) in [5.41, 5.74) is 0.413. The van der Waals surface area contributed by atoms with E-state index >= 15 is 0 Å². The van der Waals surface area contributed by atoms with Crippen molar-refractivity contribution in [2.24, 2.45) is 0 Å². The molecule has 0 saturated carbocycles. The van der Waals surface area contributed by atoms with Gasteiger partial charge in [0.05, 0.1) is 10.5 Å². The maximum Gasteiger partial charge on any atom is 0.324 e. The highest BCUT2D eigenvalue weighted by molar-refractivity contribution is 7.13. The fourth-order valence-electron chi connectivity index (χ4n) is 2.29. The van der Waals surface area contributed by atoms with Gasteiger partial charge in [0.1, 0.15) is 0 Å².